The van der Waals surface area contributed by atoms with Gasteiger partial charge in [0.05, 0.1) is 17.9 Å². The Hall–Kier alpha value is -1.31. The van der Waals surface area contributed by atoms with Gasteiger partial charge in [-0.2, -0.15) is 13.2 Å². The molecule has 5 nitrogen and oxygen atoms in total. The summed E-state index contributed by atoms with van der Waals surface area (Å²) >= 11 is 0. The van der Waals surface area contributed by atoms with Crippen molar-refractivity contribution in [1.29, 1.82) is 0 Å². The summed E-state index contributed by atoms with van der Waals surface area (Å²) in [6, 6.07) is 0. The first kappa shape index (κ1) is 17.5. The Bertz CT molecular complexity index is 556. The van der Waals surface area contributed by atoms with E-state index >= 15 is 0 Å². The second-order valence-corrected chi connectivity index (χ2v) is 7.48. The quantitative estimate of drug-likeness (QED) is 0.786. The van der Waals surface area contributed by atoms with Crippen molar-refractivity contribution >= 4 is 11.9 Å². The molecule has 136 valence electrons. The molecule has 0 radical (unpaired) electrons. The molecule has 3 rings (SSSR count). The molecule has 3 fully saturated rings. The number of carbonyl (C=O) groups excluding carboxylic acids is 2. The van der Waals surface area contributed by atoms with Gasteiger partial charge in [0.1, 0.15) is 18.1 Å². The van der Waals surface area contributed by atoms with Crippen LogP contribution >= 0.6 is 0 Å². The molecule has 24 heavy (non-hydrogen) atoms. The van der Waals surface area contributed by atoms with Gasteiger partial charge in [0.15, 0.2) is 0 Å². The highest BCUT2D eigenvalue weighted by Crippen LogP contribution is 2.68. The van der Waals surface area contributed by atoms with E-state index < -0.39 is 66.0 Å². The molecule has 6 unspecified atom stereocenters. The Labute approximate surface area is 137 Å². The molecule has 0 amide bonds. The molecule has 0 aromatic heterocycles. The van der Waals surface area contributed by atoms with E-state index in [0.29, 0.717) is 6.42 Å². The van der Waals surface area contributed by atoms with E-state index in [9.17, 15) is 27.9 Å². The first-order chi connectivity index (χ1) is 11.1. The maximum absolute atomic E-state index is 13.8. The van der Waals surface area contributed by atoms with Crippen LogP contribution in [0.3, 0.4) is 0 Å². The molecule has 1 N–H and O–H groups in total. The van der Waals surface area contributed by atoms with E-state index in [1.165, 1.54) is 6.92 Å². The fourth-order valence-corrected chi connectivity index (χ4v) is 4.58. The molecule has 3 aliphatic rings. The number of esters is 2. The van der Waals surface area contributed by atoms with E-state index in [1.54, 1.807) is 6.92 Å². The molecule has 0 aromatic rings. The second-order valence-electron chi connectivity index (χ2n) is 7.48. The molecule has 0 spiro atoms. The lowest BCUT2D eigenvalue weighted by Gasteiger charge is -2.41. The van der Waals surface area contributed by atoms with Gasteiger partial charge in [0.25, 0.3) is 0 Å². The Morgan fingerprint density at radius 2 is 2.08 bits per heavy atom. The maximum atomic E-state index is 13.8. The van der Waals surface area contributed by atoms with Gasteiger partial charge < -0.3 is 14.6 Å². The number of fused-ring (bicyclic) bond motifs is 5. The van der Waals surface area contributed by atoms with E-state index in [4.69, 9.17) is 9.47 Å². The van der Waals surface area contributed by atoms with Crippen LogP contribution in [0, 0.1) is 28.6 Å². The van der Waals surface area contributed by atoms with Crippen molar-refractivity contribution in [3.63, 3.8) is 0 Å². The lowest BCUT2D eigenvalue weighted by molar-refractivity contribution is -0.262. The average Bonchev–Trinajstić information content (AvgIpc) is 3.17. The van der Waals surface area contributed by atoms with Crippen LogP contribution in [-0.2, 0) is 19.1 Å². The minimum Gasteiger partial charge on any atom is -0.464 e. The highest BCUT2D eigenvalue weighted by Gasteiger charge is 2.78. The normalized spacial score (nSPS) is 40.2. The fourth-order valence-electron chi connectivity index (χ4n) is 4.58. The highest BCUT2D eigenvalue weighted by molar-refractivity contribution is 5.78. The molecule has 8 heteroatoms. The minimum absolute atomic E-state index is 0.208. The van der Waals surface area contributed by atoms with Crippen molar-refractivity contribution in [2.24, 2.45) is 28.6 Å². The molecule has 1 saturated heterocycles. The third kappa shape index (κ3) is 2.11. The summed E-state index contributed by atoms with van der Waals surface area (Å²) in [5, 5.41) is 9.38. The highest BCUT2D eigenvalue weighted by atomic mass is 19.4. The summed E-state index contributed by atoms with van der Waals surface area (Å²) in [7, 11) is 0. The van der Waals surface area contributed by atoms with E-state index in [2.05, 4.69) is 0 Å². The average molecular weight is 350 g/mol. The van der Waals surface area contributed by atoms with Crippen molar-refractivity contribution in [2.45, 2.75) is 45.4 Å². The van der Waals surface area contributed by atoms with Crippen molar-refractivity contribution < 1.29 is 37.3 Å². The van der Waals surface area contributed by atoms with Crippen LogP contribution in [0.25, 0.3) is 0 Å². The summed E-state index contributed by atoms with van der Waals surface area (Å²) < 4.78 is 51.6. The summed E-state index contributed by atoms with van der Waals surface area (Å²) in [5.74, 6) is -4.12. The smallest absolute Gasteiger partial charge is 0.399 e. The van der Waals surface area contributed by atoms with Crippen LogP contribution in [0.15, 0.2) is 0 Å². The number of rotatable bonds is 4. The van der Waals surface area contributed by atoms with Crippen molar-refractivity contribution in [2.75, 3.05) is 13.2 Å². The number of carbonyl (C=O) groups is 2. The first-order valence-corrected chi connectivity index (χ1v) is 8.16. The monoisotopic (exact) mass is 350 g/mol. The van der Waals surface area contributed by atoms with Gasteiger partial charge in [-0.15, -0.1) is 0 Å². The lowest BCUT2D eigenvalue weighted by atomic mass is 9.66. The summed E-state index contributed by atoms with van der Waals surface area (Å²) in [6.45, 7) is 2.10. The number of hydrogen-bond donors (Lipinski definition) is 1. The number of ether oxygens (including phenoxy) is 2. The van der Waals surface area contributed by atoms with Gasteiger partial charge in [-0.05, 0) is 32.1 Å². The Kier molecular flexibility index (Phi) is 3.90. The van der Waals surface area contributed by atoms with Crippen LogP contribution in [0.4, 0.5) is 13.2 Å². The van der Waals surface area contributed by atoms with Crippen LogP contribution in [-0.4, -0.2) is 42.5 Å². The maximum Gasteiger partial charge on any atom is 0.399 e. The summed E-state index contributed by atoms with van der Waals surface area (Å²) in [5.41, 5.74) is -3.38. The third-order valence-corrected chi connectivity index (χ3v) is 6.34. The standard InChI is InChI=1S/C16H21F3O5/c1-3-14(2,6-20)13(22)24-10-5-8-4-9(10)15(16(17,18)19)7-23-12(21)11(8)15/h8-11,20H,3-7H2,1-2H3. The molecule has 1 aliphatic heterocycles. The van der Waals surface area contributed by atoms with Gasteiger partial charge in [-0.3, -0.25) is 9.59 Å². The molecule has 2 aliphatic carbocycles. The van der Waals surface area contributed by atoms with Gasteiger partial charge in [-0.25, -0.2) is 0 Å². The third-order valence-electron chi connectivity index (χ3n) is 6.34. The SMILES string of the molecule is CCC(C)(CO)C(=O)OC1CC2CC1C1(C(F)(F)F)COC(=O)C21. The summed E-state index contributed by atoms with van der Waals surface area (Å²) in [6.07, 6.45) is -4.73. The van der Waals surface area contributed by atoms with Crippen molar-refractivity contribution in [3.05, 3.63) is 0 Å². The number of alkyl halides is 3. The van der Waals surface area contributed by atoms with E-state index in [-0.39, 0.29) is 12.8 Å². The number of aliphatic hydroxyl groups is 1. The molecule has 2 bridgehead atoms. The molecular formula is C16H21F3O5. The van der Waals surface area contributed by atoms with Gasteiger partial charge >= 0.3 is 18.1 Å². The first-order valence-electron chi connectivity index (χ1n) is 8.16. The number of aliphatic hydroxyl groups excluding tert-OH is 1. The molecule has 1 heterocycles. The van der Waals surface area contributed by atoms with Gasteiger partial charge in [0, 0.05) is 5.92 Å². The predicted octanol–water partition coefficient (Wildman–Crippen LogP) is 2.07. The second kappa shape index (κ2) is 5.34. The van der Waals surface area contributed by atoms with E-state index in [1.807, 2.05) is 0 Å². The molecule has 6 atom stereocenters. The minimum atomic E-state index is -4.60. The van der Waals surface area contributed by atoms with Crippen molar-refractivity contribution in [1.82, 2.24) is 0 Å². The topological polar surface area (TPSA) is 72.8 Å². The van der Waals surface area contributed by atoms with Gasteiger partial charge in [-0.1, -0.05) is 6.92 Å². The Morgan fingerprint density at radius 1 is 1.42 bits per heavy atom. The Balaban J connectivity index is 1.86. The molecule has 0 aromatic carbocycles. The zero-order valence-electron chi connectivity index (χ0n) is 13.6. The predicted molar refractivity (Wildman–Crippen MR) is 74.5 cm³/mol. The zero-order valence-corrected chi connectivity index (χ0v) is 13.6. The largest absolute Gasteiger partial charge is 0.464 e. The number of halogens is 3. The fraction of sp³-hybridized carbons (Fsp3) is 0.875. The van der Waals surface area contributed by atoms with Crippen LogP contribution in [0.1, 0.15) is 33.1 Å². The van der Waals surface area contributed by atoms with Crippen molar-refractivity contribution in [3.8, 4) is 0 Å². The molecule has 2 saturated carbocycles. The van der Waals surface area contributed by atoms with Crippen LogP contribution in [0.2, 0.25) is 0 Å². The van der Waals surface area contributed by atoms with E-state index in [0.717, 1.165) is 0 Å². The van der Waals surface area contributed by atoms with Crippen LogP contribution in [0.5, 0.6) is 0 Å². The van der Waals surface area contributed by atoms with Crippen LogP contribution < -0.4 is 0 Å². The lowest BCUT2D eigenvalue weighted by Crippen LogP contribution is -2.53. The number of cyclic esters (lactones) is 1. The molecular weight excluding hydrogens is 329 g/mol. The Morgan fingerprint density at radius 3 is 2.62 bits per heavy atom. The number of hydrogen-bond acceptors (Lipinski definition) is 5. The van der Waals surface area contributed by atoms with Gasteiger partial charge in [0.2, 0.25) is 0 Å². The zero-order chi connectivity index (χ0) is 17.9. The summed E-state index contributed by atoms with van der Waals surface area (Å²) in [4.78, 5) is 24.1.